The number of aryl methyl sites for hydroxylation is 1. The topological polar surface area (TPSA) is 66.9 Å². The fourth-order valence-corrected chi connectivity index (χ4v) is 6.39. The van der Waals surface area contributed by atoms with Crippen LogP contribution in [0, 0.1) is 19.7 Å². The Labute approximate surface area is 206 Å². The largest absolute Gasteiger partial charge is 0.459 e. The molecular weight excluding hydrogens is 479 g/mol. The summed E-state index contributed by atoms with van der Waals surface area (Å²) in [5.74, 6) is -2.01. The van der Waals surface area contributed by atoms with Gasteiger partial charge in [0.05, 0.1) is 5.69 Å². The SMILES string of the molecule is Cc1ccc(F)c(C(C)[C@@H](C(=O)OC(C)(C)C)N2CCN(C)c3cc(Cl)ccc3S2(=O)=O)c1C. The minimum absolute atomic E-state index is 0.0197. The summed E-state index contributed by atoms with van der Waals surface area (Å²) in [5, 5.41) is 0.406. The minimum Gasteiger partial charge on any atom is -0.459 e. The molecule has 6 nitrogen and oxygen atoms in total. The standard InChI is InChI=1S/C25H32ClFN2O4S/c1-15-8-10-19(27)22(16(15)2)17(3)23(24(30)33-25(4,5)6)29-13-12-28(7)20-14-18(26)9-11-21(20)34(29,31)32/h8-11,14,17,23H,12-13H2,1-7H3/t17?,23-/m0/s1. The van der Waals surface area contributed by atoms with E-state index in [2.05, 4.69) is 0 Å². The molecule has 3 rings (SSSR count). The molecule has 0 amide bonds. The van der Waals surface area contributed by atoms with Crippen molar-refractivity contribution in [3.8, 4) is 0 Å². The normalized spacial score (nSPS) is 18.1. The van der Waals surface area contributed by atoms with Crippen LogP contribution in [0.2, 0.25) is 5.02 Å². The first-order valence-corrected chi connectivity index (χ1v) is 13.0. The molecule has 2 aromatic carbocycles. The Bertz CT molecular complexity index is 1210. The van der Waals surface area contributed by atoms with Crippen LogP contribution < -0.4 is 4.90 Å². The predicted octanol–water partition coefficient (Wildman–Crippen LogP) is 5.05. The van der Waals surface area contributed by atoms with Gasteiger partial charge in [0.2, 0.25) is 10.0 Å². The molecule has 0 spiro atoms. The van der Waals surface area contributed by atoms with E-state index in [-0.39, 0.29) is 11.4 Å². The molecule has 2 atom stereocenters. The zero-order chi connectivity index (χ0) is 25.6. The van der Waals surface area contributed by atoms with Gasteiger partial charge in [-0.15, -0.1) is 0 Å². The summed E-state index contributed by atoms with van der Waals surface area (Å²) >= 11 is 6.14. The Hall–Kier alpha value is -2.16. The van der Waals surface area contributed by atoms with Crippen molar-refractivity contribution in [2.45, 2.75) is 64.0 Å². The van der Waals surface area contributed by atoms with E-state index in [0.717, 1.165) is 9.87 Å². The maximum Gasteiger partial charge on any atom is 0.325 e. The summed E-state index contributed by atoms with van der Waals surface area (Å²) in [6, 6.07) is 6.29. The highest BCUT2D eigenvalue weighted by atomic mass is 35.5. The fourth-order valence-electron chi connectivity index (χ4n) is 4.37. The van der Waals surface area contributed by atoms with Crippen LogP contribution in [0.25, 0.3) is 0 Å². The number of rotatable bonds is 4. The number of ether oxygens (including phenoxy) is 1. The second-order valence-corrected chi connectivity index (χ2v) is 12.1. The highest BCUT2D eigenvalue weighted by Crippen LogP contribution is 2.38. The van der Waals surface area contributed by atoms with Crippen LogP contribution in [-0.4, -0.2) is 50.5 Å². The quantitative estimate of drug-likeness (QED) is 0.538. The van der Waals surface area contributed by atoms with Crippen molar-refractivity contribution in [2.75, 3.05) is 25.0 Å². The predicted molar refractivity (Wildman–Crippen MR) is 133 cm³/mol. The lowest BCUT2D eigenvalue weighted by molar-refractivity contribution is -0.160. The number of hydrogen-bond acceptors (Lipinski definition) is 5. The third-order valence-electron chi connectivity index (χ3n) is 6.19. The smallest absolute Gasteiger partial charge is 0.325 e. The molecule has 1 heterocycles. The molecule has 1 unspecified atom stereocenters. The van der Waals surface area contributed by atoms with Crippen LogP contribution >= 0.6 is 11.6 Å². The molecule has 34 heavy (non-hydrogen) atoms. The van der Waals surface area contributed by atoms with E-state index < -0.39 is 39.4 Å². The maximum atomic E-state index is 15.1. The van der Waals surface area contributed by atoms with Gasteiger partial charge >= 0.3 is 5.97 Å². The van der Waals surface area contributed by atoms with Crippen molar-refractivity contribution in [2.24, 2.45) is 0 Å². The number of carbonyl (C=O) groups is 1. The highest BCUT2D eigenvalue weighted by Gasteiger charge is 2.45. The third-order valence-corrected chi connectivity index (χ3v) is 8.36. The first kappa shape index (κ1) is 26.4. The van der Waals surface area contributed by atoms with Gasteiger partial charge in [0.25, 0.3) is 0 Å². The van der Waals surface area contributed by atoms with Gasteiger partial charge in [0, 0.05) is 31.1 Å². The number of benzene rings is 2. The minimum atomic E-state index is -4.15. The third kappa shape index (κ3) is 5.09. The average Bonchev–Trinajstić information content (AvgIpc) is 2.80. The molecule has 0 saturated heterocycles. The average molecular weight is 511 g/mol. The summed E-state index contributed by atoms with van der Waals surface area (Å²) in [7, 11) is -2.38. The number of sulfonamides is 1. The molecule has 186 valence electrons. The molecule has 2 aromatic rings. The number of nitrogens with zero attached hydrogens (tertiary/aromatic N) is 2. The van der Waals surface area contributed by atoms with Crippen LogP contribution in [0.15, 0.2) is 35.2 Å². The van der Waals surface area contributed by atoms with Gasteiger partial charge in [-0.2, -0.15) is 4.31 Å². The second-order valence-electron chi connectivity index (χ2n) is 9.82. The lowest BCUT2D eigenvalue weighted by atomic mass is 9.87. The van der Waals surface area contributed by atoms with Crippen molar-refractivity contribution in [3.05, 3.63) is 57.9 Å². The van der Waals surface area contributed by atoms with Crippen LogP contribution in [0.5, 0.6) is 0 Å². The van der Waals surface area contributed by atoms with E-state index in [0.29, 0.717) is 28.4 Å². The number of anilines is 1. The van der Waals surface area contributed by atoms with E-state index in [4.69, 9.17) is 16.3 Å². The molecule has 0 fully saturated rings. The Balaban J connectivity index is 2.22. The number of fused-ring (bicyclic) bond motifs is 1. The molecule has 0 N–H and O–H groups in total. The summed E-state index contributed by atoms with van der Waals surface area (Å²) < 4.78 is 49.8. The molecule has 0 aliphatic carbocycles. The van der Waals surface area contributed by atoms with Crippen molar-refractivity contribution in [1.29, 1.82) is 0 Å². The van der Waals surface area contributed by atoms with E-state index in [1.807, 2.05) is 6.92 Å². The lowest BCUT2D eigenvalue weighted by Crippen LogP contribution is -2.51. The summed E-state index contributed by atoms with van der Waals surface area (Å²) in [6.07, 6.45) is 0. The van der Waals surface area contributed by atoms with Gasteiger partial charge in [-0.3, -0.25) is 4.79 Å². The van der Waals surface area contributed by atoms with Gasteiger partial charge in [-0.25, -0.2) is 12.8 Å². The Morgan fingerprint density at radius 3 is 2.41 bits per heavy atom. The fraction of sp³-hybridized carbons (Fsp3) is 0.480. The first-order chi connectivity index (χ1) is 15.6. The molecule has 0 radical (unpaired) electrons. The molecule has 1 aliphatic heterocycles. The second kappa shape index (κ2) is 9.47. The molecule has 0 aromatic heterocycles. The summed E-state index contributed by atoms with van der Waals surface area (Å²) in [6.45, 7) is 10.8. The number of likely N-dealkylation sites (N-methyl/N-ethyl adjacent to an activating group) is 1. The van der Waals surface area contributed by atoms with Crippen molar-refractivity contribution in [1.82, 2.24) is 4.31 Å². The van der Waals surface area contributed by atoms with E-state index >= 15 is 4.39 Å². The lowest BCUT2D eigenvalue weighted by Gasteiger charge is -2.35. The number of carbonyl (C=O) groups excluding carboxylic acids is 1. The van der Waals surface area contributed by atoms with Gasteiger partial charge in [-0.05, 0) is 75.6 Å². The number of halogens is 2. The maximum absolute atomic E-state index is 15.1. The van der Waals surface area contributed by atoms with Gasteiger partial charge < -0.3 is 9.64 Å². The Morgan fingerprint density at radius 2 is 1.79 bits per heavy atom. The molecule has 0 saturated carbocycles. The highest BCUT2D eigenvalue weighted by molar-refractivity contribution is 7.89. The Morgan fingerprint density at radius 1 is 1.15 bits per heavy atom. The molecule has 1 aliphatic rings. The van der Waals surface area contributed by atoms with E-state index in [9.17, 15) is 13.2 Å². The van der Waals surface area contributed by atoms with Gasteiger partial charge in [-0.1, -0.05) is 24.6 Å². The molecule has 0 bridgehead atoms. The summed E-state index contributed by atoms with van der Waals surface area (Å²) in [5.41, 5.74) is 1.43. The monoisotopic (exact) mass is 510 g/mol. The van der Waals surface area contributed by atoms with Crippen molar-refractivity contribution >= 4 is 33.3 Å². The molecule has 9 heteroatoms. The zero-order valence-electron chi connectivity index (χ0n) is 20.6. The van der Waals surface area contributed by atoms with Crippen LogP contribution in [0.1, 0.15) is 50.3 Å². The van der Waals surface area contributed by atoms with Crippen molar-refractivity contribution < 1.29 is 22.3 Å². The number of hydrogen-bond donors (Lipinski definition) is 0. The summed E-state index contributed by atoms with van der Waals surface area (Å²) in [4.78, 5) is 15.4. The zero-order valence-corrected chi connectivity index (χ0v) is 22.2. The van der Waals surface area contributed by atoms with Crippen molar-refractivity contribution in [3.63, 3.8) is 0 Å². The van der Waals surface area contributed by atoms with Crippen LogP contribution in [0.4, 0.5) is 10.1 Å². The van der Waals surface area contributed by atoms with Gasteiger partial charge in [0.15, 0.2) is 0 Å². The van der Waals surface area contributed by atoms with Crippen LogP contribution in [0.3, 0.4) is 0 Å². The Kier molecular flexibility index (Phi) is 7.37. The first-order valence-electron chi connectivity index (χ1n) is 11.2. The van der Waals surface area contributed by atoms with Gasteiger partial charge in [0.1, 0.15) is 22.4 Å². The number of esters is 1. The molecular formula is C25H32ClFN2O4S. The van der Waals surface area contributed by atoms with E-state index in [1.54, 1.807) is 58.7 Å². The van der Waals surface area contributed by atoms with E-state index in [1.165, 1.54) is 18.2 Å². The van der Waals surface area contributed by atoms with Crippen LogP contribution in [-0.2, 0) is 19.6 Å².